The van der Waals surface area contributed by atoms with Crippen molar-refractivity contribution < 1.29 is 0 Å². The van der Waals surface area contributed by atoms with Crippen molar-refractivity contribution in [1.29, 1.82) is 0 Å². The molecule has 0 heterocycles. The molecule has 76 valence electrons. The number of rotatable bonds is 3. The summed E-state index contributed by atoms with van der Waals surface area (Å²) in [4.78, 5) is 2.37. The first-order chi connectivity index (χ1) is 6.83. The topological polar surface area (TPSA) is 29.3 Å². The third-order valence-electron chi connectivity index (χ3n) is 3.12. The molecule has 0 saturated heterocycles. The van der Waals surface area contributed by atoms with Crippen LogP contribution in [0.25, 0.3) is 0 Å². The third kappa shape index (κ3) is 1.68. The molecule has 2 N–H and O–H groups in total. The highest BCUT2D eigenvalue weighted by molar-refractivity contribution is 5.34. The minimum absolute atomic E-state index is 0.592. The van der Waals surface area contributed by atoms with Crippen molar-refractivity contribution in [3.05, 3.63) is 35.4 Å². The Balaban J connectivity index is 2.17. The fourth-order valence-electron chi connectivity index (χ4n) is 2.35. The van der Waals surface area contributed by atoms with E-state index in [9.17, 15) is 0 Å². The van der Waals surface area contributed by atoms with Crippen molar-refractivity contribution in [2.24, 2.45) is 5.73 Å². The lowest BCUT2D eigenvalue weighted by atomic mass is 10.1. The van der Waals surface area contributed by atoms with Crippen molar-refractivity contribution in [3.63, 3.8) is 0 Å². The summed E-state index contributed by atoms with van der Waals surface area (Å²) in [6.07, 6.45) is 2.46. The number of aryl methyl sites for hydroxylation is 1. The normalized spacial score (nSPS) is 20.1. The Morgan fingerprint density at radius 2 is 2.21 bits per heavy atom. The van der Waals surface area contributed by atoms with Crippen LogP contribution in [0.3, 0.4) is 0 Å². The molecule has 0 aromatic heterocycles. The van der Waals surface area contributed by atoms with Gasteiger partial charge in [-0.15, -0.1) is 0 Å². The molecule has 14 heavy (non-hydrogen) atoms. The van der Waals surface area contributed by atoms with E-state index in [1.807, 2.05) is 0 Å². The lowest BCUT2D eigenvalue weighted by molar-refractivity contribution is 0.251. The van der Waals surface area contributed by atoms with Crippen molar-refractivity contribution in [1.82, 2.24) is 4.90 Å². The van der Waals surface area contributed by atoms with E-state index in [1.165, 1.54) is 24.0 Å². The van der Waals surface area contributed by atoms with E-state index >= 15 is 0 Å². The molecule has 0 spiro atoms. The molecule has 0 radical (unpaired) electrons. The number of nitrogens with zero attached hydrogens (tertiary/aromatic N) is 1. The van der Waals surface area contributed by atoms with Crippen LogP contribution in [0.1, 0.15) is 23.6 Å². The monoisotopic (exact) mass is 190 g/mol. The SMILES string of the molecule is CN(CCN)C1CCc2ccccc21. The molecule has 1 aliphatic rings. The van der Waals surface area contributed by atoms with Crippen LogP contribution < -0.4 is 5.73 Å². The standard InChI is InChI=1S/C12H18N2/c1-14(9-8-13)12-7-6-10-4-2-3-5-11(10)12/h2-5,12H,6-9,13H2,1H3. The second-order valence-electron chi connectivity index (χ2n) is 4.02. The summed E-state index contributed by atoms with van der Waals surface area (Å²) in [6, 6.07) is 9.35. The van der Waals surface area contributed by atoms with Crippen LogP contribution in [0.2, 0.25) is 0 Å². The zero-order valence-corrected chi connectivity index (χ0v) is 8.74. The first-order valence-electron chi connectivity index (χ1n) is 5.31. The largest absolute Gasteiger partial charge is 0.329 e. The van der Waals surface area contributed by atoms with Crippen LogP contribution >= 0.6 is 0 Å². The Morgan fingerprint density at radius 1 is 1.43 bits per heavy atom. The molecule has 2 heteroatoms. The summed E-state index contributed by atoms with van der Waals surface area (Å²) >= 11 is 0. The van der Waals surface area contributed by atoms with Gasteiger partial charge in [-0.05, 0) is 31.0 Å². The van der Waals surface area contributed by atoms with Crippen LogP contribution in [0.4, 0.5) is 0 Å². The fourth-order valence-corrected chi connectivity index (χ4v) is 2.35. The van der Waals surface area contributed by atoms with Crippen LogP contribution in [0.5, 0.6) is 0 Å². The number of fused-ring (bicyclic) bond motifs is 1. The van der Waals surface area contributed by atoms with Gasteiger partial charge in [0.1, 0.15) is 0 Å². The first kappa shape index (κ1) is 9.69. The van der Waals surface area contributed by atoms with Crippen LogP contribution in [-0.4, -0.2) is 25.0 Å². The summed E-state index contributed by atoms with van der Waals surface area (Å²) in [5.74, 6) is 0. The van der Waals surface area contributed by atoms with Gasteiger partial charge in [0.15, 0.2) is 0 Å². The molecule has 1 aliphatic carbocycles. The van der Waals surface area contributed by atoms with Crippen LogP contribution in [0, 0.1) is 0 Å². The summed E-state index contributed by atoms with van der Waals surface area (Å²) in [5, 5.41) is 0. The van der Waals surface area contributed by atoms with E-state index in [0.29, 0.717) is 6.04 Å². The van der Waals surface area contributed by atoms with Crippen molar-refractivity contribution in [2.75, 3.05) is 20.1 Å². The van der Waals surface area contributed by atoms with Crippen LogP contribution in [0.15, 0.2) is 24.3 Å². The molecule has 0 amide bonds. The fraction of sp³-hybridized carbons (Fsp3) is 0.500. The average molecular weight is 190 g/mol. The minimum Gasteiger partial charge on any atom is -0.329 e. The lowest BCUT2D eigenvalue weighted by Crippen LogP contribution is -2.28. The quantitative estimate of drug-likeness (QED) is 0.784. The van der Waals surface area contributed by atoms with Gasteiger partial charge in [-0.3, -0.25) is 4.90 Å². The van der Waals surface area contributed by atoms with Gasteiger partial charge in [-0.2, -0.15) is 0 Å². The molecule has 0 bridgehead atoms. The molecule has 0 fully saturated rings. The second kappa shape index (κ2) is 4.11. The molecule has 1 unspecified atom stereocenters. The van der Waals surface area contributed by atoms with Crippen molar-refractivity contribution >= 4 is 0 Å². The number of hydrogen-bond acceptors (Lipinski definition) is 2. The highest BCUT2D eigenvalue weighted by atomic mass is 15.1. The maximum atomic E-state index is 5.58. The Labute approximate surface area is 85.7 Å². The van der Waals surface area contributed by atoms with Crippen molar-refractivity contribution in [2.45, 2.75) is 18.9 Å². The molecule has 2 nitrogen and oxygen atoms in total. The molecule has 0 saturated carbocycles. The summed E-state index contributed by atoms with van der Waals surface area (Å²) in [5.41, 5.74) is 8.59. The zero-order valence-electron chi connectivity index (χ0n) is 8.74. The maximum absolute atomic E-state index is 5.58. The molecule has 2 rings (SSSR count). The molecule has 1 atom stereocenters. The van der Waals surface area contributed by atoms with Gasteiger partial charge < -0.3 is 5.73 Å². The smallest absolute Gasteiger partial charge is 0.0351 e. The Bertz CT molecular complexity index is 309. The van der Waals surface area contributed by atoms with Gasteiger partial charge >= 0.3 is 0 Å². The Morgan fingerprint density at radius 3 is 3.00 bits per heavy atom. The van der Waals surface area contributed by atoms with Crippen LogP contribution in [-0.2, 0) is 6.42 Å². The summed E-state index contributed by atoms with van der Waals surface area (Å²) in [7, 11) is 2.17. The molecule has 1 aromatic carbocycles. The Kier molecular flexibility index (Phi) is 2.85. The highest BCUT2D eigenvalue weighted by Crippen LogP contribution is 2.34. The van der Waals surface area contributed by atoms with E-state index in [0.717, 1.165) is 13.1 Å². The number of benzene rings is 1. The summed E-state index contributed by atoms with van der Waals surface area (Å²) < 4.78 is 0. The third-order valence-corrected chi connectivity index (χ3v) is 3.12. The average Bonchev–Trinajstić information content (AvgIpc) is 2.61. The number of nitrogens with two attached hydrogens (primary N) is 1. The molecular weight excluding hydrogens is 172 g/mol. The van der Waals surface area contributed by atoms with Gasteiger partial charge in [-0.25, -0.2) is 0 Å². The Hall–Kier alpha value is -0.860. The number of likely N-dealkylation sites (N-methyl/N-ethyl adjacent to an activating group) is 1. The van der Waals surface area contributed by atoms with E-state index < -0.39 is 0 Å². The lowest BCUT2D eigenvalue weighted by Gasteiger charge is -2.24. The minimum atomic E-state index is 0.592. The van der Waals surface area contributed by atoms with Gasteiger partial charge in [0, 0.05) is 19.1 Å². The van der Waals surface area contributed by atoms with E-state index in [1.54, 1.807) is 0 Å². The predicted octanol–water partition coefficient (Wildman–Crippen LogP) is 1.56. The zero-order chi connectivity index (χ0) is 9.97. The molecular formula is C12H18N2. The predicted molar refractivity (Wildman–Crippen MR) is 59.2 cm³/mol. The molecule has 1 aromatic rings. The first-order valence-corrected chi connectivity index (χ1v) is 5.31. The van der Waals surface area contributed by atoms with E-state index in [4.69, 9.17) is 5.73 Å². The van der Waals surface area contributed by atoms with Gasteiger partial charge in [0.25, 0.3) is 0 Å². The van der Waals surface area contributed by atoms with Gasteiger partial charge in [0.2, 0.25) is 0 Å². The van der Waals surface area contributed by atoms with Gasteiger partial charge in [0.05, 0.1) is 0 Å². The maximum Gasteiger partial charge on any atom is 0.0351 e. The second-order valence-corrected chi connectivity index (χ2v) is 4.02. The number of hydrogen-bond donors (Lipinski definition) is 1. The van der Waals surface area contributed by atoms with E-state index in [-0.39, 0.29) is 0 Å². The molecule has 0 aliphatic heterocycles. The summed E-state index contributed by atoms with van der Waals surface area (Å²) in [6.45, 7) is 1.73. The van der Waals surface area contributed by atoms with Crippen molar-refractivity contribution in [3.8, 4) is 0 Å². The highest BCUT2D eigenvalue weighted by Gasteiger charge is 2.24. The van der Waals surface area contributed by atoms with E-state index in [2.05, 4.69) is 36.2 Å². The van der Waals surface area contributed by atoms with Gasteiger partial charge in [-0.1, -0.05) is 24.3 Å².